The second-order valence-corrected chi connectivity index (χ2v) is 18.9. The molecule has 0 N–H and O–H groups in total. The third-order valence-corrected chi connectivity index (χ3v) is 15.5. The number of benzene rings is 4. The molecular weight excluding hydrogens is 761 g/mol. The summed E-state index contributed by atoms with van der Waals surface area (Å²) >= 11 is 2.10. The van der Waals surface area contributed by atoms with Gasteiger partial charge in [-0.15, -0.1) is 11.8 Å². The van der Waals surface area contributed by atoms with Crippen LogP contribution in [0, 0.1) is 0 Å². The van der Waals surface area contributed by atoms with Crippen LogP contribution in [-0.2, 0) is 0 Å². The van der Waals surface area contributed by atoms with Gasteiger partial charge >= 0.3 is 0 Å². The highest BCUT2D eigenvalue weighted by molar-refractivity contribution is 8.00. The number of amidine groups is 1. The number of hydrazone groups is 1. The number of allylic oxidation sites excluding steroid dienone is 13. The van der Waals surface area contributed by atoms with Gasteiger partial charge in [-0.2, -0.15) is 0 Å². The highest BCUT2D eigenvalue weighted by atomic mass is 32.2. The Morgan fingerprint density at radius 3 is 2.46 bits per heavy atom. The normalized spacial score (nSPS) is 25.8. The number of nitrogens with zero attached hydrogens (tertiary/aromatic N) is 4. The van der Waals surface area contributed by atoms with Crippen molar-refractivity contribution in [2.45, 2.75) is 98.4 Å². The smallest absolute Gasteiger partial charge is 0.0603 e. The third kappa shape index (κ3) is 6.47. The maximum absolute atomic E-state index is 5.57. The zero-order chi connectivity index (χ0) is 40.3. The molecular formula is C56H51N4S-. The summed E-state index contributed by atoms with van der Waals surface area (Å²) in [5, 5.41) is 13.6. The van der Waals surface area contributed by atoms with Gasteiger partial charge in [-0.05, 0) is 156 Å². The molecule has 3 heterocycles. The standard InChI is InChI=1S/C56H51N4S/c1-5-17-37(18-6-1)43-25-13-14-26-44(43)39-29-31-45(49(35-39)55-57-56(38-19-7-2-8-20-38)60(58-55)42-23-11-4-12-24-42)40-30-32-48-52(36-40)61-51-34-33-47-46-27-15-16-28-50(46)59(54(47)53(48)51)41-21-9-3-10-22-41/h2-5,7,9,11-19,23-26,28-29,31,33-36,41,46,48,52,56H,1,6,8,10,20-22,27,30,32H2/q-1. The molecule has 4 nitrogen and oxygen atoms in total. The van der Waals surface area contributed by atoms with E-state index in [1.165, 1.54) is 62.4 Å². The SMILES string of the molecule is C1=CCCC(C2[N-]C(c3cc(-c4ccccc4C4=CCCC=C4)ccc3C3=CC4Sc5ccc6c(c5C4CC3)N(C3CC=CCC3)C3=CC=CCC36)=NN2c2ccccc2)=C1. The second-order valence-electron chi connectivity index (χ2n) is 17.7. The van der Waals surface area contributed by atoms with Gasteiger partial charge < -0.3 is 20.3 Å². The number of anilines is 2. The predicted molar refractivity (Wildman–Crippen MR) is 257 cm³/mol. The van der Waals surface area contributed by atoms with Gasteiger partial charge in [-0.1, -0.05) is 127 Å². The molecule has 4 aromatic carbocycles. The molecule has 5 unspecified atom stereocenters. The van der Waals surface area contributed by atoms with Crippen molar-refractivity contribution in [3.05, 3.63) is 202 Å². The van der Waals surface area contributed by atoms with Gasteiger partial charge in [0.05, 0.1) is 6.17 Å². The Morgan fingerprint density at radius 1 is 0.705 bits per heavy atom. The number of para-hydroxylation sites is 1. The van der Waals surface area contributed by atoms with Crippen LogP contribution in [0.1, 0.15) is 104 Å². The van der Waals surface area contributed by atoms with Gasteiger partial charge in [-0.25, -0.2) is 0 Å². The van der Waals surface area contributed by atoms with Crippen molar-refractivity contribution >= 4 is 40.1 Å². The van der Waals surface area contributed by atoms with Crippen LogP contribution in [0.3, 0.4) is 0 Å². The molecule has 4 aromatic rings. The lowest BCUT2D eigenvalue weighted by atomic mass is 9.79. The lowest BCUT2D eigenvalue weighted by Gasteiger charge is -2.36. The first-order valence-corrected chi connectivity index (χ1v) is 23.6. The van der Waals surface area contributed by atoms with Crippen LogP contribution in [0.2, 0.25) is 0 Å². The van der Waals surface area contributed by atoms with Gasteiger partial charge in [-0.3, -0.25) is 0 Å². The molecule has 302 valence electrons. The minimum absolute atomic E-state index is 0.174. The summed E-state index contributed by atoms with van der Waals surface area (Å²) in [5.74, 6) is 1.79. The molecule has 0 radical (unpaired) electrons. The molecule has 0 aromatic heterocycles. The van der Waals surface area contributed by atoms with Crippen molar-refractivity contribution < 1.29 is 0 Å². The summed E-state index contributed by atoms with van der Waals surface area (Å²) in [6.45, 7) is 0. The summed E-state index contributed by atoms with van der Waals surface area (Å²) in [7, 11) is 0. The van der Waals surface area contributed by atoms with Crippen LogP contribution >= 0.6 is 11.8 Å². The van der Waals surface area contributed by atoms with E-state index in [1.807, 2.05) is 0 Å². The summed E-state index contributed by atoms with van der Waals surface area (Å²) in [6, 6.07) is 32.2. The monoisotopic (exact) mass is 811 g/mol. The maximum Gasteiger partial charge on any atom is 0.0603 e. The fraction of sp³-hybridized carbons (Fsp3) is 0.268. The molecule has 0 saturated carbocycles. The average molecular weight is 812 g/mol. The topological polar surface area (TPSA) is 32.9 Å². The fourth-order valence-electron chi connectivity index (χ4n) is 11.3. The summed E-state index contributed by atoms with van der Waals surface area (Å²) < 4.78 is 0. The molecule has 5 aliphatic carbocycles. The van der Waals surface area contributed by atoms with E-state index < -0.39 is 0 Å². The lowest BCUT2D eigenvalue weighted by molar-refractivity contribution is 0.565. The molecule has 5 heteroatoms. The first-order valence-electron chi connectivity index (χ1n) is 22.7. The van der Waals surface area contributed by atoms with Gasteiger partial charge in [0.2, 0.25) is 0 Å². The van der Waals surface area contributed by atoms with E-state index in [9.17, 15) is 0 Å². The Hall–Kier alpha value is -5.78. The zero-order valence-electron chi connectivity index (χ0n) is 34.7. The van der Waals surface area contributed by atoms with Crippen LogP contribution in [0.4, 0.5) is 11.4 Å². The van der Waals surface area contributed by atoms with Gasteiger partial charge in [0, 0.05) is 45.1 Å². The van der Waals surface area contributed by atoms with Crippen LogP contribution in [0.25, 0.3) is 27.6 Å². The zero-order valence-corrected chi connectivity index (χ0v) is 35.5. The third-order valence-electron chi connectivity index (χ3n) is 14.2. The van der Waals surface area contributed by atoms with Gasteiger partial charge in [0.25, 0.3) is 0 Å². The van der Waals surface area contributed by atoms with Crippen LogP contribution in [0.5, 0.6) is 0 Å². The quantitative estimate of drug-likeness (QED) is 0.174. The Kier molecular flexibility index (Phi) is 9.47. The van der Waals surface area contributed by atoms with Crippen LogP contribution in [0.15, 0.2) is 179 Å². The summed E-state index contributed by atoms with van der Waals surface area (Å²) in [5.41, 5.74) is 17.5. The first kappa shape index (κ1) is 37.0. The van der Waals surface area contributed by atoms with Crippen molar-refractivity contribution in [2.24, 2.45) is 5.10 Å². The Balaban J connectivity index is 0.960. The van der Waals surface area contributed by atoms with Crippen molar-refractivity contribution in [3.8, 4) is 11.1 Å². The van der Waals surface area contributed by atoms with E-state index in [-0.39, 0.29) is 6.17 Å². The van der Waals surface area contributed by atoms with E-state index in [1.54, 1.807) is 16.8 Å². The highest BCUT2D eigenvalue weighted by Gasteiger charge is 2.45. The molecule has 0 saturated heterocycles. The number of hydrogen-bond donors (Lipinski definition) is 0. The van der Waals surface area contributed by atoms with Crippen molar-refractivity contribution in [3.63, 3.8) is 0 Å². The Bertz CT molecular complexity index is 2700. The molecule has 3 aliphatic heterocycles. The van der Waals surface area contributed by atoms with Gasteiger partial charge in [0.15, 0.2) is 0 Å². The first-order chi connectivity index (χ1) is 30.3. The lowest BCUT2D eigenvalue weighted by Crippen LogP contribution is -2.34. The highest BCUT2D eigenvalue weighted by Crippen LogP contribution is 2.61. The minimum Gasteiger partial charge on any atom is -0.439 e. The molecule has 0 amide bonds. The predicted octanol–water partition coefficient (Wildman–Crippen LogP) is 14.5. The van der Waals surface area contributed by atoms with E-state index in [2.05, 4.69) is 180 Å². The summed E-state index contributed by atoms with van der Waals surface area (Å²) in [4.78, 5) is 4.30. The van der Waals surface area contributed by atoms with Crippen LogP contribution in [-0.4, -0.2) is 23.3 Å². The van der Waals surface area contributed by atoms with Crippen molar-refractivity contribution in [1.29, 1.82) is 0 Å². The van der Waals surface area contributed by atoms with Crippen molar-refractivity contribution in [2.75, 3.05) is 9.91 Å². The molecule has 61 heavy (non-hydrogen) atoms. The van der Waals surface area contributed by atoms with Crippen molar-refractivity contribution in [1.82, 2.24) is 0 Å². The molecule has 0 fully saturated rings. The van der Waals surface area contributed by atoms with E-state index in [0.29, 0.717) is 23.1 Å². The Morgan fingerprint density at radius 2 is 1.61 bits per heavy atom. The number of fused-ring (bicyclic) bond motifs is 7. The molecule has 0 bridgehead atoms. The Labute approximate surface area is 365 Å². The average Bonchev–Trinajstić information content (AvgIpc) is 4.05. The van der Waals surface area contributed by atoms with E-state index >= 15 is 0 Å². The molecule has 5 atom stereocenters. The minimum atomic E-state index is -0.174. The number of rotatable bonds is 7. The molecule has 8 aliphatic rings. The summed E-state index contributed by atoms with van der Waals surface area (Å²) in [6.07, 6.45) is 39.1. The fourth-order valence-corrected chi connectivity index (χ4v) is 12.8. The number of hydrogen-bond acceptors (Lipinski definition) is 4. The van der Waals surface area contributed by atoms with Crippen LogP contribution < -0.4 is 9.91 Å². The molecule has 12 rings (SSSR count). The van der Waals surface area contributed by atoms with Gasteiger partial charge in [0.1, 0.15) is 0 Å². The second kappa shape index (κ2) is 15.6. The number of thioether (sulfide) groups is 1. The molecule has 0 spiro atoms. The largest absolute Gasteiger partial charge is 0.439 e. The maximum atomic E-state index is 5.57. The van der Waals surface area contributed by atoms with E-state index in [0.717, 1.165) is 68.5 Å². The van der Waals surface area contributed by atoms with E-state index in [4.69, 9.17) is 10.4 Å².